The van der Waals surface area contributed by atoms with E-state index in [2.05, 4.69) is 167 Å². The van der Waals surface area contributed by atoms with Gasteiger partial charge in [-0.1, -0.05) is 170 Å². The highest BCUT2D eigenvalue weighted by Crippen LogP contribution is 2.41. The van der Waals surface area contributed by atoms with Gasteiger partial charge in [-0.05, 0) is 146 Å². The molecule has 21 heterocycles. The van der Waals surface area contributed by atoms with Gasteiger partial charge < -0.3 is 0 Å². The minimum absolute atomic E-state index is 0.429. The molecule has 0 spiro atoms. The molecule has 0 bridgehead atoms. The monoisotopic (exact) mass is 1770 g/mol. The largest absolute Gasteiger partial charge is 0.262 e. The van der Waals surface area contributed by atoms with E-state index in [0.29, 0.717) is 58.9 Å². The van der Waals surface area contributed by atoms with Crippen LogP contribution < -0.4 is 0 Å². The highest BCUT2D eigenvalue weighted by Gasteiger charge is 2.28. The normalized spacial score (nSPS) is 11.9. The van der Waals surface area contributed by atoms with Crippen molar-refractivity contribution in [3.05, 3.63) is 384 Å². The number of nitrogens with zero attached hydrogens (tertiary/aromatic N) is 27. The second-order valence-corrected chi connectivity index (χ2v) is 33.4. The molecule has 138 heavy (non-hydrogen) atoms. The van der Waals surface area contributed by atoms with Crippen LogP contribution in [0.25, 0.3) is 267 Å². The zero-order chi connectivity index (χ0) is 90.6. The van der Waals surface area contributed by atoms with Gasteiger partial charge in [-0.25, -0.2) is 34.9 Å². The van der Waals surface area contributed by atoms with Crippen molar-refractivity contribution in [2.45, 2.75) is 0 Å². The Bertz CT molecular complexity index is 9600. The molecular weight excluding hydrogens is 1710 g/mol. The number of para-hydroxylation sites is 6. The minimum atomic E-state index is 0.429. The number of hydrogen-bond acceptors (Lipinski definition) is 21. The molecule has 0 aliphatic heterocycles. The fourth-order valence-corrected chi connectivity index (χ4v) is 19.7. The van der Waals surface area contributed by atoms with Crippen molar-refractivity contribution in [2.24, 2.45) is 0 Å². The Morgan fingerprint density at radius 2 is 0.428 bits per heavy atom. The summed E-state index contributed by atoms with van der Waals surface area (Å²) >= 11 is 0. The molecular formula is C111H63N27. The fourth-order valence-electron chi connectivity index (χ4n) is 19.7. The van der Waals surface area contributed by atoms with Gasteiger partial charge in [-0.3, -0.25) is 52.3 Å². The fraction of sp³-hybridized carbons (Fsp3) is 0. The quantitative estimate of drug-likeness (QED) is 0.121. The van der Waals surface area contributed by atoms with E-state index >= 15 is 0 Å². The van der Waals surface area contributed by atoms with E-state index < -0.39 is 0 Å². The minimum Gasteiger partial charge on any atom is -0.262 e. The number of benzene rings is 9. The lowest BCUT2D eigenvalue weighted by Crippen LogP contribution is -2.11. The van der Waals surface area contributed by atoms with Crippen LogP contribution in [0.1, 0.15) is 0 Å². The smallest absolute Gasteiger partial charge is 0.241 e. The lowest BCUT2D eigenvalue weighted by atomic mass is 10.1. The first kappa shape index (κ1) is 77.0. The third kappa shape index (κ3) is 12.1. The van der Waals surface area contributed by atoms with Gasteiger partial charge in [0.2, 0.25) is 35.7 Å². The Balaban J connectivity index is 0.000000102. The van der Waals surface area contributed by atoms with Gasteiger partial charge in [0.25, 0.3) is 0 Å². The molecule has 0 aliphatic carbocycles. The molecule has 30 rings (SSSR count). The zero-order valence-electron chi connectivity index (χ0n) is 72.4. The van der Waals surface area contributed by atoms with Crippen molar-refractivity contribution in [2.75, 3.05) is 0 Å². The molecule has 21 aromatic heterocycles. The maximum Gasteiger partial charge on any atom is 0.241 e. The Morgan fingerprint density at radius 1 is 0.159 bits per heavy atom. The maximum atomic E-state index is 5.17. The van der Waals surface area contributed by atoms with E-state index in [0.717, 1.165) is 208 Å². The second-order valence-electron chi connectivity index (χ2n) is 33.4. The van der Waals surface area contributed by atoms with Gasteiger partial charge in [-0.15, -0.1) is 0 Å². The van der Waals surface area contributed by atoms with Gasteiger partial charge in [0, 0.05) is 176 Å². The molecule has 0 unspecified atom stereocenters. The summed E-state index contributed by atoms with van der Waals surface area (Å²) in [6, 6.07) is 106. The Hall–Kier alpha value is -19.8. The molecule has 9 aromatic carbocycles. The van der Waals surface area contributed by atoms with Crippen molar-refractivity contribution in [1.82, 2.24) is 132 Å². The highest BCUT2D eigenvalue weighted by molar-refractivity contribution is 6.15. The molecule has 0 N–H and O–H groups in total. The summed E-state index contributed by atoms with van der Waals surface area (Å²) < 4.78 is 12.0. The number of hydrogen-bond donors (Lipinski definition) is 0. The molecule has 0 atom stereocenters. The Kier molecular flexibility index (Phi) is 17.2. The first-order valence-corrected chi connectivity index (χ1v) is 44.7. The summed E-state index contributed by atoms with van der Waals surface area (Å²) in [7, 11) is 0. The number of aromatic nitrogens is 27. The summed E-state index contributed by atoms with van der Waals surface area (Å²) in [6.07, 6.45) is 19.7. The van der Waals surface area contributed by atoms with E-state index in [4.69, 9.17) is 89.7 Å². The van der Waals surface area contributed by atoms with E-state index in [9.17, 15) is 0 Å². The van der Waals surface area contributed by atoms with E-state index in [1.165, 1.54) is 0 Å². The van der Waals surface area contributed by atoms with E-state index in [-0.39, 0.29) is 0 Å². The lowest BCUT2D eigenvalue weighted by molar-refractivity contribution is 0.881. The van der Waals surface area contributed by atoms with Crippen molar-refractivity contribution in [3.8, 4) is 70.0 Å². The summed E-state index contributed by atoms with van der Waals surface area (Å²) in [4.78, 5) is 104. The van der Waals surface area contributed by atoms with Crippen LogP contribution in [-0.2, 0) is 0 Å². The van der Waals surface area contributed by atoms with Gasteiger partial charge in [-0.2, -0.15) is 44.9 Å². The van der Waals surface area contributed by atoms with Crippen LogP contribution in [0.4, 0.5) is 0 Å². The molecule has 27 nitrogen and oxygen atoms in total. The molecule has 642 valence electrons. The highest BCUT2D eigenvalue weighted by atomic mass is 15.3. The Labute approximate surface area is 777 Å². The summed E-state index contributed by atoms with van der Waals surface area (Å²) in [5.74, 6) is 4.10. The lowest BCUT2D eigenvalue weighted by Gasteiger charge is -2.13. The molecule has 0 amide bonds. The van der Waals surface area contributed by atoms with Crippen LogP contribution in [0.5, 0.6) is 0 Å². The summed E-state index contributed by atoms with van der Waals surface area (Å²) in [5, 5.41) is 18.4. The van der Waals surface area contributed by atoms with E-state index in [1.54, 1.807) is 62.0 Å². The second kappa shape index (κ2) is 30.9. The Morgan fingerprint density at radius 3 is 0.797 bits per heavy atom. The number of rotatable bonds is 9. The molecule has 0 radical (unpaired) electrons. The molecule has 27 heteroatoms. The molecule has 0 saturated carbocycles. The average molecular weight is 1770 g/mol. The van der Waals surface area contributed by atoms with Crippen LogP contribution in [0.15, 0.2) is 384 Å². The predicted octanol–water partition coefficient (Wildman–Crippen LogP) is 22.9. The number of pyridine rings is 12. The summed E-state index contributed by atoms with van der Waals surface area (Å²) in [5.41, 5.74) is 17.4. The van der Waals surface area contributed by atoms with Gasteiger partial charge in [0.15, 0.2) is 17.5 Å². The van der Waals surface area contributed by atoms with E-state index in [1.807, 2.05) is 197 Å². The molecule has 0 aliphatic rings. The topological polar surface area (TPSA) is 300 Å². The summed E-state index contributed by atoms with van der Waals surface area (Å²) in [6.45, 7) is 0. The van der Waals surface area contributed by atoms with Gasteiger partial charge in [0.1, 0.15) is 39.6 Å². The van der Waals surface area contributed by atoms with Crippen LogP contribution in [0.2, 0.25) is 0 Å². The van der Waals surface area contributed by atoms with Crippen molar-refractivity contribution in [1.29, 1.82) is 0 Å². The van der Waals surface area contributed by atoms with Crippen molar-refractivity contribution in [3.63, 3.8) is 0 Å². The van der Waals surface area contributed by atoms with Crippen molar-refractivity contribution < 1.29 is 0 Å². The predicted molar refractivity (Wildman–Crippen MR) is 540 cm³/mol. The molecule has 30 aromatic rings. The molecule has 0 saturated heterocycles. The SMILES string of the molecule is c1cnc2c(c1)ccc1c(-c3nc(-n4c5ccccc5c5cccnc54)nc(-n4c5ccccc5c5cccnc54)n3)ccnc12.c1cnc2c(c1)ccc1cc(-c3nc(-n4c5ccccc5c5cccnc54)nc(-n4c5ccccc5c5cccnc54)n3)cnc12.c1cnc2c(c1)ccc1ccc(-c3nc(-n4c5ccccc5c5cccnc54)nc(-n4c5ccccc5c5cccnc54)n3)nc12. The third-order valence-electron chi connectivity index (χ3n) is 25.7. The van der Waals surface area contributed by atoms with Gasteiger partial charge in [0.05, 0.1) is 66.2 Å². The van der Waals surface area contributed by atoms with Crippen LogP contribution in [0.3, 0.4) is 0 Å². The maximum absolute atomic E-state index is 5.17. The standard InChI is InChI=1S/3C37H21N9/c1-3-13-29-24(9-1)26-11-6-20-39-34(26)45(29)36-42-33(28-18-17-23-16-15-22-8-5-19-38-31(22)32(23)41-28)43-37(44-36)46-30-14-4-2-10-25(30)27-12-7-21-40-35(27)46;1-3-13-29-23(9-1)27-11-6-19-40-34(27)45(29)36-42-33(26-17-21-39-32-25(26)16-15-22-8-5-18-38-31(22)32)43-37(44-36)46-30-14-4-2-10-24(30)28-12-7-20-41-35(28)46;1-3-13-29-25(9-1)27-11-6-18-39-34(27)45(29)36-42-33(24-20-23-16-15-22-8-5-17-38-31(22)32(23)41-21-24)43-37(44-36)46-30-14-4-2-10-26(30)28-12-7-19-40-35(28)46/h3*1-21H. The first-order valence-electron chi connectivity index (χ1n) is 44.7. The van der Waals surface area contributed by atoms with Crippen LogP contribution in [-0.4, -0.2) is 132 Å². The average Bonchev–Trinajstić information content (AvgIpc) is 1.63. The first-order chi connectivity index (χ1) is 68.5. The van der Waals surface area contributed by atoms with Gasteiger partial charge >= 0.3 is 0 Å². The zero-order valence-corrected chi connectivity index (χ0v) is 72.4. The molecule has 0 fully saturated rings. The van der Waals surface area contributed by atoms with Crippen molar-refractivity contribution >= 4 is 197 Å². The third-order valence-corrected chi connectivity index (χ3v) is 25.7. The van der Waals surface area contributed by atoms with Crippen LogP contribution >= 0.6 is 0 Å². The van der Waals surface area contributed by atoms with Crippen LogP contribution in [0, 0.1) is 0 Å². The number of fused-ring (bicyclic) bond motifs is 27.